The molecule has 1 aromatic heterocycles. The Morgan fingerprint density at radius 1 is 1.32 bits per heavy atom. The zero-order chi connectivity index (χ0) is 13.2. The maximum atomic E-state index is 9.57. The summed E-state index contributed by atoms with van der Waals surface area (Å²) in [5, 5.41) is 13.2. The third-order valence-electron chi connectivity index (χ3n) is 3.76. The van der Waals surface area contributed by atoms with Crippen molar-refractivity contribution in [2.75, 3.05) is 0 Å². The molecule has 2 nitrogen and oxygen atoms in total. The first-order chi connectivity index (χ1) is 9.22. The maximum Gasteiger partial charge on any atom is 0.115 e. The summed E-state index contributed by atoms with van der Waals surface area (Å²) < 4.78 is 0. The van der Waals surface area contributed by atoms with Crippen molar-refractivity contribution >= 4 is 11.3 Å². The summed E-state index contributed by atoms with van der Waals surface area (Å²) in [5.74, 6) is 0.383. The highest BCUT2D eigenvalue weighted by Crippen LogP contribution is 2.32. The molecule has 0 amide bonds. The number of fused-ring (bicyclic) bond motifs is 1. The molecule has 1 heterocycles. The van der Waals surface area contributed by atoms with Crippen molar-refractivity contribution in [1.82, 2.24) is 5.32 Å². The van der Waals surface area contributed by atoms with E-state index in [1.807, 2.05) is 17.4 Å². The van der Waals surface area contributed by atoms with Gasteiger partial charge in [0.1, 0.15) is 5.75 Å². The van der Waals surface area contributed by atoms with E-state index in [1.54, 1.807) is 6.07 Å². The van der Waals surface area contributed by atoms with Crippen LogP contribution in [0.5, 0.6) is 5.75 Å². The van der Waals surface area contributed by atoms with E-state index in [-0.39, 0.29) is 0 Å². The molecule has 0 spiro atoms. The molecule has 100 valence electrons. The number of aromatic hydroxyl groups is 1. The van der Waals surface area contributed by atoms with Gasteiger partial charge in [-0.1, -0.05) is 6.07 Å². The summed E-state index contributed by atoms with van der Waals surface area (Å²) in [6.45, 7) is 3.08. The van der Waals surface area contributed by atoms with Crippen molar-refractivity contribution in [3.63, 3.8) is 0 Å². The standard InChI is InChI=1S/C16H19NOS/c1-11-5-7-14(19-11)10-17-16-4-2-3-12-9-13(18)6-8-15(12)16/h5-9,16-18H,2-4,10H2,1H3. The number of thiophene rings is 1. The number of hydrogen-bond acceptors (Lipinski definition) is 3. The number of nitrogens with one attached hydrogen (secondary N) is 1. The fraction of sp³-hybridized carbons (Fsp3) is 0.375. The van der Waals surface area contributed by atoms with E-state index in [0.29, 0.717) is 11.8 Å². The van der Waals surface area contributed by atoms with E-state index in [0.717, 1.165) is 13.0 Å². The molecule has 2 N–H and O–H groups in total. The first kappa shape index (κ1) is 12.7. The molecule has 0 bridgehead atoms. The Morgan fingerprint density at radius 3 is 3.00 bits per heavy atom. The van der Waals surface area contributed by atoms with Gasteiger partial charge in [-0.2, -0.15) is 0 Å². The van der Waals surface area contributed by atoms with Crippen molar-refractivity contribution in [1.29, 1.82) is 0 Å². The van der Waals surface area contributed by atoms with E-state index in [2.05, 4.69) is 30.4 Å². The molecule has 0 saturated carbocycles. The van der Waals surface area contributed by atoms with E-state index in [1.165, 1.54) is 33.7 Å². The van der Waals surface area contributed by atoms with Gasteiger partial charge >= 0.3 is 0 Å². The molecule has 1 unspecified atom stereocenters. The molecular weight excluding hydrogens is 254 g/mol. The van der Waals surface area contributed by atoms with E-state index in [9.17, 15) is 5.11 Å². The second-order valence-corrected chi connectivity index (χ2v) is 6.59. The molecule has 0 aliphatic heterocycles. The predicted molar refractivity (Wildman–Crippen MR) is 79.7 cm³/mol. The highest BCUT2D eigenvalue weighted by Gasteiger charge is 2.19. The number of phenolic OH excluding ortho intramolecular Hbond substituents is 1. The lowest BCUT2D eigenvalue weighted by Crippen LogP contribution is -2.24. The summed E-state index contributed by atoms with van der Waals surface area (Å²) in [4.78, 5) is 2.76. The molecule has 19 heavy (non-hydrogen) atoms. The first-order valence-corrected chi connectivity index (χ1v) is 7.64. The lowest BCUT2D eigenvalue weighted by Gasteiger charge is -2.26. The van der Waals surface area contributed by atoms with Gasteiger partial charge in [-0.15, -0.1) is 11.3 Å². The van der Waals surface area contributed by atoms with Gasteiger partial charge in [0.05, 0.1) is 0 Å². The van der Waals surface area contributed by atoms with Gasteiger partial charge < -0.3 is 10.4 Å². The van der Waals surface area contributed by atoms with Crippen LogP contribution in [-0.4, -0.2) is 5.11 Å². The normalized spacial score (nSPS) is 18.3. The maximum absolute atomic E-state index is 9.57. The molecule has 0 radical (unpaired) electrons. The fourth-order valence-electron chi connectivity index (χ4n) is 2.82. The fourth-order valence-corrected chi connectivity index (χ4v) is 3.66. The van der Waals surface area contributed by atoms with Crippen LogP contribution in [0.3, 0.4) is 0 Å². The Bertz CT molecular complexity index is 576. The number of rotatable bonds is 3. The van der Waals surface area contributed by atoms with Crippen molar-refractivity contribution in [3.05, 3.63) is 51.2 Å². The third kappa shape index (κ3) is 2.82. The molecule has 3 rings (SSSR count). The van der Waals surface area contributed by atoms with Crippen molar-refractivity contribution in [2.24, 2.45) is 0 Å². The van der Waals surface area contributed by atoms with Gasteiger partial charge in [0, 0.05) is 22.3 Å². The number of hydrogen-bond donors (Lipinski definition) is 2. The molecular formula is C16H19NOS. The zero-order valence-electron chi connectivity index (χ0n) is 11.1. The van der Waals surface area contributed by atoms with Crippen LogP contribution in [0.15, 0.2) is 30.3 Å². The Morgan fingerprint density at radius 2 is 2.21 bits per heavy atom. The largest absolute Gasteiger partial charge is 0.508 e. The van der Waals surface area contributed by atoms with Gasteiger partial charge in [0.15, 0.2) is 0 Å². The molecule has 1 aliphatic rings. The van der Waals surface area contributed by atoms with E-state index < -0.39 is 0 Å². The zero-order valence-corrected chi connectivity index (χ0v) is 12.0. The van der Waals surface area contributed by atoms with Gasteiger partial charge in [0.2, 0.25) is 0 Å². The predicted octanol–water partition coefficient (Wildman–Crippen LogP) is 3.93. The van der Waals surface area contributed by atoms with Crippen molar-refractivity contribution in [2.45, 2.75) is 38.8 Å². The minimum Gasteiger partial charge on any atom is -0.508 e. The summed E-state index contributed by atoms with van der Waals surface area (Å²) in [5.41, 5.74) is 2.66. The number of benzene rings is 1. The Hall–Kier alpha value is -1.32. The van der Waals surface area contributed by atoms with Gasteiger partial charge in [0.25, 0.3) is 0 Å². The molecule has 0 fully saturated rings. The lowest BCUT2D eigenvalue weighted by atomic mass is 9.87. The molecule has 1 aliphatic carbocycles. The Labute approximate surface area is 118 Å². The third-order valence-corrected chi connectivity index (χ3v) is 4.76. The van der Waals surface area contributed by atoms with Gasteiger partial charge in [-0.25, -0.2) is 0 Å². The van der Waals surface area contributed by atoms with Crippen LogP contribution in [0, 0.1) is 6.92 Å². The lowest BCUT2D eigenvalue weighted by molar-refractivity contribution is 0.450. The van der Waals surface area contributed by atoms with Crippen molar-refractivity contribution < 1.29 is 5.11 Å². The Balaban J connectivity index is 1.73. The molecule has 1 atom stereocenters. The second-order valence-electron chi connectivity index (χ2n) is 5.22. The summed E-state index contributed by atoms with van der Waals surface area (Å²) >= 11 is 1.86. The summed E-state index contributed by atoms with van der Waals surface area (Å²) in [6.07, 6.45) is 3.46. The van der Waals surface area contributed by atoms with Crippen LogP contribution in [0.4, 0.5) is 0 Å². The molecule has 2 aromatic rings. The van der Waals surface area contributed by atoms with Crippen LogP contribution in [0.2, 0.25) is 0 Å². The van der Waals surface area contributed by atoms with Crippen LogP contribution < -0.4 is 5.32 Å². The average molecular weight is 273 g/mol. The monoisotopic (exact) mass is 273 g/mol. The molecule has 0 saturated heterocycles. The van der Waals surface area contributed by atoms with Crippen molar-refractivity contribution in [3.8, 4) is 5.75 Å². The van der Waals surface area contributed by atoms with Crippen LogP contribution in [0.25, 0.3) is 0 Å². The van der Waals surface area contributed by atoms with Gasteiger partial charge in [-0.3, -0.25) is 0 Å². The second kappa shape index (κ2) is 5.35. The highest BCUT2D eigenvalue weighted by molar-refractivity contribution is 7.11. The van der Waals surface area contributed by atoms with Gasteiger partial charge in [-0.05, 0) is 61.6 Å². The first-order valence-electron chi connectivity index (χ1n) is 6.83. The smallest absolute Gasteiger partial charge is 0.115 e. The summed E-state index contributed by atoms with van der Waals surface area (Å²) in [7, 11) is 0. The van der Waals surface area contributed by atoms with E-state index in [4.69, 9.17) is 0 Å². The number of aryl methyl sites for hydroxylation is 2. The van der Waals surface area contributed by atoms with E-state index >= 15 is 0 Å². The molecule has 1 aromatic carbocycles. The minimum absolute atomic E-state index is 0.383. The average Bonchev–Trinajstić information content (AvgIpc) is 2.81. The quantitative estimate of drug-likeness (QED) is 0.888. The minimum atomic E-state index is 0.383. The number of phenols is 1. The summed E-state index contributed by atoms with van der Waals surface area (Å²) in [6, 6.07) is 10.6. The van der Waals surface area contributed by atoms with Crippen LogP contribution >= 0.6 is 11.3 Å². The van der Waals surface area contributed by atoms with Crippen LogP contribution in [-0.2, 0) is 13.0 Å². The SMILES string of the molecule is Cc1ccc(CNC2CCCc3cc(O)ccc32)s1. The topological polar surface area (TPSA) is 32.3 Å². The van der Waals surface area contributed by atoms with Crippen LogP contribution in [0.1, 0.15) is 39.8 Å². The Kier molecular flexibility index (Phi) is 3.58. The molecule has 3 heteroatoms. The highest BCUT2D eigenvalue weighted by atomic mass is 32.1.